The first kappa shape index (κ1) is 22.3. The molecule has 0 fully saturated rings. The topological polar surface area (TPSA) is 0 Å². The molecule has 0 radical (unpaired) electrons. The first-order chi connectivity index (χ1) is 8.71. The minimum absolute atomic E-state index is 1.01. The van der Waals surface area contributed by atoms with Gasteiger partial charge in [-0.05, 0) is 0 Å². The van der Waals surface area contributed by atoms with Crippen molar-refractivity contribution in [1.82, 2.24) is 0 Å². The molecule has 6 heteroatoms. The first-order valence-electron chi connectivity index (χ1n) is 8.71. The standard InChI is InChI=1S/C15H44Si6/c1-16(2,3)15-21(18(7,8)9,19(10,11)12)20(13,14)17(4,5)6/h15H2,1-14H3. The van der Waals surface area contributed by atoms with E-state index in [1.807, 2.05) is 0 Å². The van der Waals surface area contributed by atoms with Crippen LogP contribution in [0.3, 0.4) is 0 Å². The maximum atomic E-state index is 2.86. The van der Waals surface area contributed by atoms with Crippen LogP contribution < -0.4 is 0 Å². The fourth-order valence-electron chi connectivity index (χ4n) is 5.19. The average molecular weight is 393 g/mol. The second kappa shape index (κ2) is 5.98. The van der Waals surface area contributed by atoms with Gasteiger partial charge in [0.25, 0.3) is 0 Å². The van der Waals surface area contributed by atoms with E-state index in [0.29, 0.717) is 0 Å². The van der Waals surface area contributed by atoms with Gasteiger partial charge < -0.3 is 0 Å². The molecule has 0 unspecified atom stereocenters. The molecule has 0 spiro atoms. The van der Waals surface area contributed by atoms with Crippen molar-refractivity contribution in [3.63, 3.8) is 0 Å². The Bertz CT molecular complexity index is 346. The SMILES string of the molecule is C[Si](C)(C)C[Si]([Si](C)(C)C)([Si](C)(C)C)[Si](C)(C)[Si](C)(C)C. The van der Waals surface area contributed by atoms with Crippen molar-refractivity contribution in [2.45, 2.75) is 97.3 Å². The quantitative estimate of drug-likeness (QED) is 0.462. The summed E-state index contributed by atoms with van der Waals surface area (Å²) < 4.78 is 0. The molecule has 0 amide bonds. The van der Waals surface area contributed by atoms with Crippen LogP contribution in [0, 0.1) is 0 Å². The van der Waals surface area contributed by atoms with Gasteiger partial charge in [-0.25, -0.2) is 0 Å². The minimum Gasteiger partial charge on any atom is -0.0735 e. The Hall–Kier alpha value is 1.30. The molecule has 0 aliphatic rings. The van der Waals surface area contributed by atoms with E-state index >= 15 is 0 Å². The highest BCUT2D eigenvalue weighted by atomic mass is 30.0. The Morgan fingerprint density at radius 1 is 0.429 bits per heavy atom. The second-order valence-electron chi connectivity index (χ2n) is 12.0. The molecule has 0 saturated heterocycles. The molecule has 0 saturated carbocycles. The van der Waals surface area contributed by atoms with Crippen LogP contribution in [0.25, 0.3) is 0 Å². The largest absolute Gasteiger partial charge is 0.0735 e. The zero-order valence-corrected chi connectivity index (χ0v) is 23.7. The van der Waals surface area contributed by atoms with Gasteiger partial charge in [0.15, 0.2) is 0 Å². The zero-order chi connectivity index (χ0) is 17.7. The molecule has 0 atom stereocenters. The van der Waals surface area contributed by atoms with Gasteiger partial charge in [-0.15, -0.1) is 0 Å². The average Bonchev–Trinajstić information content (AvgIpc) is 2.05. The van der Waals surface area contributed by atoms with Gasteiger partial charge in [-0.1, -0.05) is 97.3 Å². The highest BCUT2D eigenvalue weighted by Crippen LogP contribution is 2.45. The summed E-state index contributed by atoms with van der Waals surface area (Å²) in [4.78, 5) is 0. The van der Waals surface area contributed by atoms with Gasteiger partial charge in [0.1, 0.15) is 0 Å². The van der Waals surface area contributed by atoms with Crippen molar-refractivity contribution >= 4 is 44.6 Å². The summed E-state index contributed by atoms with van der Waals surface area (Å²) in [7, 11) is -5.38. The molecule has 0 aliphatic heterocycles. The lowest BCUT2D eigenvalue weighted by molar-refractivity contribution is 1.58. The van der Waals surface area contributed by atoms with E-state index in [0.717, 1.165) is 0 Å². The van der Waals surface area contributed by atoms with Crippen molar-refractivity contribution < 1.29 is 0 Å². The monoisotopic (exact) mass is 392 g/mol. The van der Waals surface area contributed by atoms with E-state index in [9.17, 15) is 0 Å². The summed E-state index contributed by atoms with van der Waals surface area (Å²) in [6.07, 6.45) is 0. The number of rotatable bonds is 6. The number of hydrogen-bond acceptors (Lipinski definition) is 0. The van der Waals surface area contributed by atoms with E-state index in [1.165, 1.54) is 0 Å². The van der Waals surface area contributed by atoms with Crippen LogP contribution >= 0.6 is 0 Å². The maximum absolute atomic E-state index is 2.86. The summed E-state index contributed by atoms with van der Waals surface area (Å²) in [5, 5.41) is 0. The second-order valence-corrected chi connectivity index (χ2v) is 71.8. The molecule has 0 aromatic rings. The predicted octanol–water partition coefficient (Wildman–Crippen LogP) is 6.35. The molecular weight excluding hydrogens is 349 g/mol. The van der Waals surface area contributed by atoms with E-state index in [-0.39, 0.29) is 0 Å². The molecule has 128 valence electrons. The van der Waals surface area contributed by atoms with Crippen LogP contribution in [-0.4, -0.2) is 44.6 Å². The van der Waals surface area contributed by atoms with E-state index < -0.39 is 44.6 Å². The Kier molecular flexibility index (Phi) is 6.36. The smallest absolute Gasteiger partial charge is 0.0410 e. The molecule has 0 aliphatic carbocycles. The van der Waals surface area contributed by atoms with Crippen LogP contribution in [0.4, 0.5) is 0 Å². The third-order valence-corrected chi connectivity index (χ3v) is 115. The lowest BCUT2D eigenvalue weighted by Crippen LogP contribution is -2.89. The zero-order valence-electron chi connectivity index (χ0n) is 17.7. The molecule has 0 aromatic carbocycles. The predicted molar refractivity (Wildman–Crippen MR) is 121 cm³/mol. The van der Waals surface area contributed by atoms with Crippen LogP contribution in [0.15, 0.2) is 0 Å². The Morgan fingerprint density at radius 2 is 0.714 bits per heavy atom. The molecule has 21 heavy (non-hydrogen) atoms. The van der Waals surface area contributed by atoms with E-state index in [2.05, 4.69) is 91.7 Å². The normalized spacial score (nSPS) is 16.3. The highest BCUT2D eigenvalue weighted by Gasteiger charge is 2.66. The third-order valence-electron chi connectivity index (χ3n) is 6.30. The highest BCUT2D eigenvalue weighted by molar-refractivity contribution is 7.98. The van der Waals surface area contributed by atoms with Gasteiger partial charge in [-0.3, -0.25) is 0 Å². The van der Waals surface area contributed by atoms with Crippen LogP contribution in [0.2, 0.25) is 97.3 Å². The summed E-state index contributed by atoms with van der Waals surface area (Å²) in [5.41, 5.74) is 1.74. The van der Waals surface area contributed by atoms with Crippen molar-refractivity contribution in [1.29, 1.82) is 0 Å². The molecule has 0 nitrogen and oxygen atoms in total. The van der Waals surface area contributed by atoms with Crippen molar-refractivity contribution in [2.24, 2.45) is 0 Å². The molecule has 0 rings (SSSR count). The van der Waals surface area contributed by atoms with E-state index in [4.69, 9.17) is 0 Å². The first-order valence-corrected chi connectivity index (χ1v) is 32.1. The van der Waals surface area contributed by atoms with E-state index in [1.54, 1.807) is 5.67 Å². The summed E-state index contributed by atoms with van der Waals surface area (Å²) in [6.45, 7) is 37.3. The molecule has 0 heterocycles. The minimum atomic E-state index is -1.16. The fourth-order valence-corrected chi connectivity index (χ4v) is 183. The maximum Gasteiger partial charge on any atom is 0.0410 e. The summed E-state index contributed by atoms with van der Waals surface area (Å²) >= 11 is 0. The molecule has 0 bridgehead atoms. The van der Waals surface area contributed by atoms with Crippen molar-refractivity contribution in [3.05, 3.63) is 0 Å². The molecular formula is C15H44Si6. The van der Waals surface area contributed by atoms with Gasteiger partial charge in [0, 0.05) is 44.6 Å². The van der Waals surface area contributed by atoms with Gasteiger partial charge in [0.2, 0.25) is 0 Å². The van der Waals surface area contributed by atoms with Crippen molar-refractivity contribution in [2.75, 3.05) is 0 Å². The van der Waals surface area contributed by atoms with Gasteiger partial charge in [0.05, 0.1) is 0 Å². The Morgan fingerprint density at radius 3 is 0.857 bits per heavy atom. The Labute approximate surface area is 141 Å². The summed E-state index contributed by atoms with van der Waals surface area (Å²) in [6, 6.07) is 0. The summed E-state index contributed by atoms with van der Waals surface area (Å²) in [5.74, 6) is 0. The van der Waals surface area contributed by atoms with Crippen molar-refractivity contribution in [3.8, 4) is 0 Å². The number of hydrogen-bond donors (Lipinski definition) is 0. The lowest BCUT2D eigenvalue weighted by atomic mass is 11.7. The lowest BCUT2D eigenvalue weighted by Gasteiger charge is -2.64. The Balaban J connectivity index is 6.62. The molecule has 0 N–H and O–H groups in total. The fraction of sp³-hybridized carbons (Fsp3) is 1.00. The third kappa shape index (κ3) is 4.23. The van der Waals surface area contributed by atoms with Gasteiger partial charge >= 0.3 is 0 Å². The van der Waals surface area contributed by atoms with Crippen LogP contribution in [0.1, 0.15) is 0 Å². The van der Waals surface area contributed by atoms with Gasteiger partial charge in [-0.2, -0.15) is 0 Å². The molecule has 0 aromatic heterocycles. The van der Waals surface area contributed by atoms with Crippen LogP contribution in [-0.2, 0) is 0 Å². The van der Waals surface area contributed by atoms with Crippen LogP contribution in [0.5, 0.6) is 0 Å².